The number of rotatable bonds is 11. The van der Waals surface area contributed by atoms with Crippen LogP contribution in [0.3, 0.4) is 0 Å². The molecule has 178 valence electrons. The third-order valence-corrected chi connectivity index (χ3v) is 4.81. The molecular formula is C15H17ClFN9O7. The number of carboxylic acid groups (broad SMARTS) is 2. The Morgan fingerprint density at radius 2 is 2.06 bits per heavy atom. The minimum atomic E-state index is -2.86. The molecule has 0 amide bonds. The van der Waals surface area contributed by atoms with Crippen molar-refractivity contribution in [3.63, 3.8) is 0 Å². The number of carboxylic acids is 2. The number of aliphatic hydroxyl groups is 1. The molecule has 3 heterocycles. The molecule has 0 aliphatic carbocycles. The molecule has 0 unspecified atom stereocenters. The molecule has 3 rings (SSSR count). The molecule has 3 aromatic heterocycles. The standard InChI is InChI=1S/C15H17ClFN9O7/c1-32-5(3-33-15(12(28)29,13(30)31)2-6-22-24-25-23-6)8(27)9(17)26-4-19-7-10(18)20-14(16)21-11(7)26/h4-5,8-9,27H,2-3H2,1H3,(H,28,29)(H,30,31)(H2,18,20,21)(H,22,23,24,25)/t5-,8-,9-/m1/s1. The van der Waals surface area contributed by atoms with Gasteiger partial charge in [0.15, 0.2) is 17.3 Å². The third kappa shape index (κ3) is 4.65. The van der Waals surface area contributed by atoms with Crippen molar-refractivity contribution >= 4 is 40.5 Å². The van der Waals surface area contributed by atoms with Gasteiger partial charge in [0.2, 0.25) is 11.6 Å². The molecule has 0 fully saturated rings. The number of nitrogen functional groups attached to an aromatic ring is 1. The number of carbonyl (C=O) groups is 2. The van der Waals surface area contributed by atoms with E-state index in [1.807, 2.05) is 0 Å². The minimum absolute atomic E-state index is 0.0240. The van der Waals surface area contributed by atoms with Crippen molar-refractivity contribution in [3.05, 3.63) is 17.4 Å². The van der Waals surface area contributed by atoms with Gasteiger partial charge in [0.25, 0.3) is 5.60 Å². The highest BCUT2D eigenvalue weighted by atomic mass is 35.5. The maximum absolute atomic E-state index is 15.2. The lowest BCUT2D eigenvalue weighted by molar-refractivity contribution is -0.192. The zero-order chi connectivity index (χ0) is 24.3. The van der Waals surface area contributed by atoms with Crippen molar-refractivity contribution in [1.29, 1.82) is 0 Å². The highest BCUT2D eigenvalue weighted by molar-refractivity contribution is 6.28. The molecule has 0 radical (unpaired) electrons. The summed E-state index contributed by atoms with van der Waals surface area (Å²) >= 11 is 5.74. The molecule has 33 heavy (non-hydrogen) atoms. The molecule has 0 saturated carbocycles. The lowest BCUT2D eigenvalue weighted by Crippen LogP contribution is -2.53. The monoisotopic (exact) mass is 489 g/mol. The zero-order valence-electron chi connectivity index (χ0n) is 16.7. The van der Waals surface area contributed by atoms with Crippen molar-refractivity contribution in [3.8, 4) is 0 Å². The number of anilines is 1. The van der Waals surface area contributed by atoms with Crippen LogP contribution < -0.4 is 5.73 Å². The van der Waals surface area contributed by atoms with E-state index in [9.17, 15) is 24.9 Å². The molecule has 16 nitrogen and oxygen atoms in total. The number of ether oxygens (including phenoxy) is 2. The van der Waals surface area contributed by atoms with Gasteiger partial charge in [-0.3, -0.25) is 4.57 Å². The van der Waals surface area contributed by atoms with Crippen LogP contribution in [0.1, 0.15) is 12.1 Å². The number of nitrogens with two attached hydrogens (primary N) is 1. The van der Waals surface area contributed by atoms with Crippen molar-refractivity contribution in [1.82, 2.24) is 40.1 Å². The number of imidazole rings is 1. The van der Waals surface area contributed by atoms with E-state index >= 15 is 4.39 Å². The summed E-state index contributed by atoms with van der Waals surface area (Å²) in [5.74, 6) is -4.08. The lowest BCUT2D eigenvalue weighted by atomic mass is 9.99. The quantitative estimate of drug-likeness (QED) is 0.153. The first-order valence-electron chi connectivity index (χ1n) is 8.94. The molecule has 18 heteroatoms. The molecule has 0 aliphatic rings. The summed E-state index contributed by atoms with van der Waals surface area (Å²) in [6.45, 7) is -0.844. The number of nitrogens with zero attached hydrogens (tertiary/aromatic N) is 7. The average Bonchev–Trinajstić information content (AvgIpc) is 3.41. The number of halogens is 2. The summed E-state index contributed by atoms with van der Waals surface area (Å²) in [4.78, 5) is 34.9. The highest BCUT2D eigenvalue weighted by Gasteiger charge is 2.50. The number of nitrogens with one attached hydrogen (secondary N) is 1. The number of alkyl halides is 1. The van der Waals surface area contributed by atoms with E-state index in [0.717, 1.165) is 18.0 Å². The van der Waals surface area contributed by atoms with Crippen molar-refractivity contribution in [2.75, 3.05) is 19.5 Å². The minimum Gasteiger partial charge on any atom is -0.479 e. The number of hydrogen-bond donors (Lipinski definition) is 5. The normalized spacial score (nSPS) is 14.8. The Kier molecular flexibility index (Phi) is 6.96. The van der Waals surface area contributed by atoms with Crippen molar-refractivity contribution < 1.29 is 38.8 Å². The van der Waals surface area contributed by atoms with Crippen LogP contribution >= 0.6 is 11.6 Å². The van der Waals surface area contributed by atoms with Crippen molar-refractivity contribution in [2.24, 2.45) is 0 Å². The summed E-state index contributed by atoms with van der Waals surface area (Å²) in [7, 11) is 1.08. The maximum Gasteiger partial charge on any atom is 0.348 e. The third-order valence-electron chi connectivity index (χ3n) is 4.64. The van der Waals surface area contributed by atoms with Crippen LogP contribution in [0.4, 0.5) is 10.2 Å². The van der Waals surface area contributed by atoms with Gasteiger partial charge in [-0.2, -0.15) is 9.97 Å². The topological polar surface area (TPSA) is 237 Å². The molecule has 6 N–H and O–H groups in total. The van der Waals surface area contributed by atoms with Gasteiger partial charge in [0.1, 0.15) is 17.7 Å². The van der Waals surface area contributed by atoms with E-state index < -0.39 is 49.1 Å². The van der Waals surface area contributed by atoms with Crippen LogP contribution in [0.15, 0.2) is 6.33 Å². The number of methoxy groups -OCH3 is 1. The van der Waals surface area contributed by atoms with Crippen LogP contribution in [0.2, 0.25) is 5.28 Å². The highest BCUT2D eigenvalue weighted by Crippen LogP contribution is 2.27. The van der Waals surface area contributed by atoms with E-state index in [0.29, 0.717) is 0 Å². The largest absolute Gasteiger partial charge is 0.479 e. The van der Waals surface area contributed by atoms with Crippen LogP contribution in [-0.4, -0.2) is 98.9 Å². The predicted molar refractivity (Wildman–Crippen MR) is 104 cm³/mol. The summed E-state index contributed by atoms with van der Waals surface area (Å²) in [5, 5.41) is 41.4. The van der Waals surface area contributed by atoms with E-state index in [1.165, 1.54) is 0 Å². The second-order valence-corrected chi connectivity index (χ2v) is 6.95. The number of hydrogen-bond acceptors (Lipinski definition) is 12. The van der Waals surface area contributed by atoms with Gasteiger partial charge >= 0.3 is 11.9 Å². The SMILES string of the molecule is CO[C@H](COC(Cc1nnn[nH]1)(C(=O)O)C(=O)O)[C@@H](O)[C@H](F)n1cnc2c(N)nc(Cl)nc21. The predicted octanol–water partition coefficient (Wildman–Crippen LogP) is -1.41. The van der Waals surface area contributed by atoms with E-state index in [2.05, 4.69) is 35.6 Å². The van der Waals surface area contributed by atoms with Crippen LogP contribution in [0.5, 0.6) is 0 Å². The van der Waals surface area contributed by atoms with Gasteiger partial charge in [-0.25, -0.2) is 24.1 Å². The fourth-order valence-corrected chi connectivity index (χ4v) is 3.04. The van der Waals surface area contributed by atoms with Gasteiger partial charge in [0, 0.05) is 7.11 Å². The maximum atomic E-state index is 15.2. The zero-order valence-corrected chi connectivity index (χ0v) is 17.4. The number of aliphatic hydroxyl groups excluding tert-OH is 1. The second kappa shape index (κ2) is 9.53. The van der Waals surface area contributed by atoms with E-state index in [-0.39, 0.29) is 28.1 Å². The summed E-state index contributed by atoms with van der Waals surface area (Å²) in [6, 6.07) is 0. The number of fused-ring (bicyclic) bond motifs is 1. The lowest BCUT2D eigenvalue weighted by Gasteiger charge is -2.29. The first-order chi connectivity index (χ1) is 15.6. The molecule has 3 atom stereocenters. The average molecular weight is 490 g/mol. The van der Waals surface area contributed by atoms with Gasteiger partial charge in [-0.1, -0.05) is 0 Å². The second-order valence-electron chi connectivity index (χ2n) is 6.61. The fraction of sp³-hybridized carbons (Fsp3) is 0.467. The summed E-state index contributed by atoms with van der Waals surface area (Å²) < 4.78 is 26.1. The van der Waals surface area contributed by atoms with Gasteiger partial charge in [-0.15, -0.1) is 5.10 Å². The van der Waals surface area contributed by atoms with Crippen LogP contribution in [0, 0.1) is 0 Å². The number of tetrazole rings is 1. The number of aliphatic carboxylic acids is 2. The molecule has 0 aromatic carbocycles. The van der Waals surface area contributed by atoms with E-state index in [1.54, 1.807) is 0 Å². The molecular weight excluding hydrogens is 473 g/mol. The molecule has 3 aromatic rings. The Morgan fingerprint density at radius 1 is 1.36 bits per heavy atom. The molecule has 0 aliphatic heterocycles. The first kappa shape index (κ1) is 24.1. The Bertz CT molecular complexity index is 1130. The molecule has 0 saturated heterocycles. The Labute approximate surface area is 187 Å². The number of aromatic nitrogens is 8. The Balaban J connectivity index is 1.83. The summed E-state index contributed by atoms with van der Waals surface area (Å²) in [6.07, 6.45) is -5.58. The Morgan fingerprint density at radius 3 is 2.64 bits per heavy atom. The smallest absolute Gasteiger partial charge is 0.348 e. The van der Waals surface area contributed by atoms with E-state index in [4.69, 9.17) is 26.8 Å². The summed E-state index contributed by atoms with van der Waals surface area (Å²) in [5.41, 5.74) is 2.71. The number of H-pyrrole nitrogens is 1. The van der Waals surface area contributed by atoms with Gasteiger partial charge < -0.3 is 30.5 Å². The van der Waals surface area contributed by atoms with Gasteiger partial charge in [-0.05, 0) is 22.0 Å². The fourth-order valence-electron chi connectivity index (χ4n) is 2.87. The van der Waals surface area contributed by atoms with Crippen LogP contribution in [-0.2, 0) is 25.5 Å². The van der Waals surface area contributed by atoms with Crippen molar-refractivity contribution in [2.45, 2.75) is 30.5 Å². The number of aromatic amines is 1. The first-order valence-corrected chi connectivity index (χ1v) is 9.32. The Hall–Kier alpha value is -3.54. The van der Waals surface area contributed by atoms with Gasteiger partial charge in [0.05, 0.1) is 19.4 Å². The van der Waals surface area contributed by atoms with Crippen LogP contribution in [0.25, 0.3) is 11.2 Å². The molecule has 0 spiro atoms. The molecule has 0 bridgehead atoms.